The van der Waals surface area contributed by atoms with Gasteiger partial charge >= 0.3 is 0 Å². The standard InChI is InChI=1S/C10H18N2O2S2/c1-8-10(15-7-12-8)9(11-2)5-4-6-16(3,13)14/h7,9,11H,4-6H2,1-3H3. The van der Waals surface area contributed by atoms with Gasteiger partial charge in [-0.3, -0.25) is 0 Å². The average Bonchev–Trinajstić information content (AvgIpc) is 2.58. The molecule has 1 heterocycles. The molecule has 16 heavy (non-hydrogen) atoms. The van der Waals surface area contributed by atoms with Crippen molar-refractivity contribution in [3.63, 3.8) is 0 Å². The van der Waals surface area contributed by atoms with Gasteiger partial charge in [0.25, 0.3) is 0 Å². The summed E-state index contributed by atoms with van der Waals surface area (Å²) in [6, 6.07) is 0.217. The van der Waals surface area contributed by atoms with Crippen molar-refractivity contribution in [3.05, 3.63) is 16.1 Å². The molecule has 92 valence electrons. The number of thiazole rings is 1. The van der Waals surface area contributed by atoms with E-state index in [0.29, 0.717) is 6.42 Å². The Morgan fingerprint density at radius 1 is 1.56 bits per heavy atom. The Kier molecular flexibility index (Phi) is 4.89. The SMILES string of the molecule is CNC(CCCS(C)(=O)=O)c1scnc1C. The topological polar surface area (TPSA) is 59.1 Å². The van der Waals surface area contributed by atoms with Gasteiger partial charge in [0, 0.05) is 22.9 Å². The van der Waals surface area contributed by atoms with Gasteiger partial charge < -0.3 is 5.32 Å². The second-order valence-corrected chi connectivity index (χ2v) is 7.06. The molecule has 1 atom stereocenters. The third kappa shape index (κ3) is 4.19. The molecule has 1 unspecified atom stereocenters. The normalized spacial score (nSPS) is 13.9. The lowest BCUT2D eigenvalue weighted by Gasteiger charge is -2.14. The summed E-state index contributed by atoms with van der Waals surface area (Å²) in [6.07, 6.45) is 2.79. The zero-order chi connectivity index (χ0) is 12.2. The first-order valence-corrected chi connectivity index (χ1v) is 8.13. The minimum absolute atomic E-state index is 0.217. The Hall–Kier alpha value is -0.460. The van der Waals surface area contributed by atoms with Crippen LogP contribution in [0.1, 0.15) is 29.5 Å². The summed E-state index contributed by atoms with van der Waals surface area (Å²) < 4.78 is 22.0. The van der Waals surface area contributed by atoms with E-state index in [2.05, 4.69) is 10.3 Å². The van der Waals surface area contributed by atoms with Crippen molar-refractivity contribution < 1.29 is 8.42 Å². The minimum Gasteiger partial charge on any atom is -0.312 e. The maximum atomic E-state index is 11.0. The van der Waals surface area contributed by atoms with Crippen molar-refractivity contribution >= 4 is 21.2 Å². The molecule has 1 N–H and O–H groups in total. The van der Waals surface area contributed by atoms with Crippen LogP contribution >= 0.6 is 11.3 Å². The molecular formula is C10H18N2O2S2. The van der Waals surface area contributed by atoms with E-state index < -0.39 is 9.84 Å². The first-order chi connectivity index (χ1) is 7.44. The molecule has 0 fully saturated rings. The van der Waals surface area contributed by atoms with Crippen LogP contribution in [-0.2, 0) is 9.84 Å². The number of aromatic nitrogens is 1. The highest BCUT2D eigenvalue weighted by atomic mass is 32.2. The van der Waals surface area contributed by atoms with E-state index in [1.807, 2.05) is 19.5 Å². The number of sulfone groups is 1. The third-order valence-electron chi connectivity index (χ3n) is 2.46. The van der Waals surface area contributed by atoms with E-state index in [4.69, 9.17) is 0 Å². The predicted molar refractivity (Wildman–Crippen MR) is 67.6 cm³/mol. The molecule has 6 heteroatoms. The van der Waals surface area contributed by atoms with Crippen molar-refractivity contribution in [2.24, 2.45) is 0 Å². The molecule has 0 saturated heterocycles. The van der Waals surface area contributed by atoms with Crippen LogP contribution in [0.2, 0.25) is 0 Å². The summed E-state index contributed by atoms with van der Waals surface area (Å²) in [7, 11) is -0.954. The molecule has 0 bridgehead atoms. The first kappa shape index (κ1) is 13.6. The summed E-state index contributed by atoms with van der Waals surface area (Å²) >= 11 is 1.62. The monoisotopic (exact) mass is 262 g/mol. The van der Waals surface area contributed by atoms with Crippen molar-refractivity contribution in [2.75, 3.05) is 19.1 Å². The molecule has 0 amide bonds. The van der Waals surface area contributed by atoms with Gasteiger partial charge in [0.2, 0.25) is 0 Å². The van der Waals surface area contributed by atoms with E-state index in [9.17, 15) is 8.42 Å². The van der Waals surface area contributed by atoms with Crippen LogP contribution in [-0.4, -0.2) is 32.5 Å². The van der Waals surface area contributed by atoms with Crippen LogP contribution in [0.15, 0.2) is 5.51 Å². The Morgan fingerprint density at radius 3 is 2.69 bits per heavy atom. The fraction of sp³-hybridized carbons (Fsp3) is 0.700. The van der Waals surface area contributed by atoms with Crippen molar-refractivity contribution in [2.45, 2.75) is 25.8 Å². The fourth-order valence-electron chi connectivity index (χ4n) is 1.60. The molecule has 1 aromatic heterocycles. The van der Waals surface area contributed by atoms with Crippen molar-refractivity contribution in [1.82, 2.24) is 10.3 Å². The third-order valence-corrected chi connectivity index (χ3v) is 4.53. The Labute approximate surface area is 101 Å². The van der Waals surface area contributed by atoms with Gasteiger partial charge in [0.05, 0.1) is 11.2 Å². The highest BCUT2D eigenvalue weighted by Crippen LogP contribution is 2.25. The average molecular weight is 262 g/mol. The molecule has 1 rings (SSSR count). The van der Waals surface area contributed by atoms with Crippen LogP contribution < -0.4 is 5.32 Å². The van der Waals surface area contributed by atoms with Crippen molar-refractivity contribution in [1.29, 1.82) is 0 Å². The van der Waals surface area contributed by atoms with Gasteiger partial charge in [-0.15, -0.1) is 11.3 Å². The summed E-state index contributed by atoms with van der Waals surface area (Å²) in [5.41, 5.74) is 2.86. The van der Waals surface area contributed by atoms with Gasteiger partial charge in [0.1, 0.15) is 9.84 Å². The zero-order valence-electron chi connectivity index (χ0n) is 9.86. The van der Waals surface area contributed by atoms with Crippen LogP contribution in [0.3, 0.4) is 0 Å². The highest BCUT2D eigenvalue weighted by molar-refractivity contribution is 7.90. The lowest BCUT2D eigenvalue weighted by molar-refractivity contribution is 0.540. The molecule has 0 radical (unpaired) electrons. The maximum absolute atomic E-state index is 11.0. The largest absolute Gasteiger partial charge is 0.312 e. The van der Waals surface area contributed by atoms with Gasteiger partial charge in [0.15, 0.2) is 0 Å². The molecule has 0 spiro atoms. The number of nitrogens with one attached hydrogen (secondary N) is 1. The molecular weight excluding hydrogens is 244 g/mol. The summed E-state index contributed by atoms with van der Waals surface area (Å²) in [5.74, 6) is 0.253. The summed E-state index contributed by atoms with van der Waals surface area (Å²) in [4.78, 5) is 5.41. The van der Waals surface area contributed by atoms with Crippen LogP contribution in [0.25, 0.3) is 0 Å². The van der Waals surface area contributed by atoms with Gasteiger partial charge in [-0.2, -0.15) is 0 Å². The van der Waals surface area contributed by atoms with Crippen LogP contribution in [0.4, 0.5) is 0 Å². The molecule has 0 saturated carbocycles. The molecule has 0 aromatic carbocycles. The first-order valence-electron chi connectivity index (χ1n) is 5.19. The van der Waals surface area contributed by atoms with Gasteiger partial charge in [-0.25, -0.2) is 13.4 Å². The Balaban J connectivity index is 2.54. The maximum Gasteiger partial charge on any atom is 0.147 e. The van der Waals surface area contributed by atoms with Crippen LogP contribution in [0.5, 0.6) is 0 Å². The summed E-state index contributed by atoms with van der Waals surface area (Å²) in [5, 5.41) is 3.21. The zero-order valence-corrected chi connectivity index (χ0v) is 11.5. The van der Waals surface area contributed by atoms with E-state index in [1.54, 1.807) is 11.3 Å². The quantitative estimate of drug-likeness (QED) is 0.845. The molecule has 4 nitrogen and oxygen atoms in total. The second-order valence-electron chi connectivity index (χ2n) is 3.92. The number of rotatable bonds is 6. The highest BCUT2D eigenvalue weighted by Gasteiger charge is 2.14. The molecule has 1 aromatic rings. The molecule has 0 aliphatic heterocycles. The fourth-order valence-corrected chi connectivity index (χ4v) is 3.24. The van der Waals surface area contributed by atoms with Crippen LogP contribution in [0, 0.1) is 6.92 Å². The Morgan fingerprint density at radius 2 is 2.25 bits per heavy atom. The van der Waals surface area contributed by atoms with E-state index in [-0.39, 0.29) is 11.8 Å². The second kappa shape index (κ2) is 5.75. The number of hydrogen-bond acceptors (Lipinski definition) is 5. The van der Waals surface area contributed by atoms with Gasteiger partial charge in [-0.05, 0) is 26.8 Å². The predicted octanol–water partition coefficient (Wildman–Crippen LogP) is 1.54. The van der Waals surface area contributed by atoms with E-state index in [1.165, 1.54) is 11.1 Å². The molecule has 0 aliphatic rings. The molecule has 0 aliphatic carbocycles. The van der Waals surface area contributed by atoms with Crippen molar-refractivity contribution in [3.8, 4) is 0 Å². The number of hydrogen-bond donors (Lipinski definition) is 1. The lowest BCUT2D eigenvalue weighted by Crippen LogP contribution is -2.17. The Bertz CT molecular complexity index is 426. The van der Waals surface area contributed by atoms with E-state index in [0.717, 1.165) is 12.1 Å². The smallest absolute Gasteiger partial charge is 0.147 e. The van der Waals surface area contributed by atoms with Gasteiger partial charge in [-0.1, -0.05) is 0 Å². The lowest BCUT2D eigenvalue weighted by atomic mass is 10.1. The number of aryl methyl sites for hydroxylation is 1. The number of nitrogens with zero attached hydrogens (tertiary/aromatic N) is 1. The minimum atomic E-state index is -2.85. The summed E-state index contributed by atoms with van der Waals surface area (Å²) in [6.45, 7) is 1.98. The van der Waals surface area contributed by atoms with E-state index >= 15 is 0 Å².